The van der Waals surface area contributed by atoms with Gasteiger partial charge in [-0.05, 0) is 25.1 Å². The molecule has 0 radical (unpaired) electrons. The van der Waals surface area contributed by atoms with Gasteiger partial charge in [-0.3, -0.25) is 14.6 Å². The van der Waals surface area contributed by atoms with Crippen LogP contribution in [-0.2, 0) is 6.54 Å². The molecule has 0 saturated heterocycles. The van der Waals surface area contributed by atoms with Gasteiger partial charge in [0.05, 0.1) is 10.9 Å². The van der Waals surface area contributed by atoms with Gasteiger partial charge in [-0.25, -0.2) is 0 Å². The SMILES string of the molecule is CCn1[nH]c(=O)c2ccc(Cl)cc21. The molecule has 13 heavy (non-hydrogen) atoms. The van der Waals surface area contributed by atoms with Crippen molar-refractivity contribution < 1.29 is 0 Å². The largest absolute Gasteiger partial charge is 0.285 e. The van der Waals surface area contributed by atoms with Crippen LogP contribution in [0.2, 0.25) is 5.02 Å². The summed E-state index contributed by atoms with van der Waals surface area (Å²) in [6.45, 7) is 2.70. The predicted molar refractivity (Wildman–Crippen MR) is 53.2 cm³/mol. The monoisotopic (exact) mass is 196 g/mol. The lowest BCUT2D eigenvalue weighted by atomic mass is 10.2. The molecule has 68 valence electrons. The maximum absolute atomic E-state index is 11.4. The molecule has 0 unspecified atom stereocenters. The second kappa shape index (κ2) is 2.92. The van der Waals surface area contributed by atoms with E-state index >= 15 is 0 Å². The fraction of sp³-hybridized carbons (Fsp3) is 0.222. The van der Waals surface area contributed by atoms with Gasteiger partial charge in [0.15, 0.2) is 0 Å². The number of aryl methyl sites for hydroxylation is 1. The minimum Gasteiger partial charge on any atom is -0.285 e. The third-order valence-electron chi connectivity index (χ3n) is 2.05. The molecular formula is C9H9ClN2O. The van der Waals surface area contributed by atoms with Crippen LogP contribution in [0.15, 0.2) is 23.0 Å². The standard InChI is InChI=1S/C9H9ClN2O/c1-2-12-8-5-6(10)3-4-7(8)9(13)11-12/h3-5H,2H2,1H3,(H,11,13). The molecule has 2 aromatic rings. The highest BCUT2D eigenvalue weighted by atomic mass is 35.5. The van der Waals surface area contributed by atoms with Crippen LogP contribution >= 0.6 is 11.6 Å². The second-order valence-corrected chi connectivity index (χ2v) is 3.28. The second-order valence-electron chi connectivity index (χ2n) is 2.85. The molecule has 0 aliphatic heterocycles. The fourth-order valence-electron chi connectivity index (χ4n) is 1.41. The molecule has 3 nitrogen and oxygen atoms in total. The van der Waals surface area contributed by atoms with E-state index in [-0.39, 0.29) is 5.56 Å². The molecule has 0 fully saturated rings. The van der Waals surface area contributed by atoms with Crippen LogP contribution in [-0.4, -0.2) is 9.78 Å². The first-order chi connectivity index (χ1) is 6.22. The fourth-order valence-corrected chi connectivity index (χ4v) is 1.58. The number of aromatic nitrogens is 2. The van der Waals surface area contributed by atoms with Crippen LogP contribution in [0.5, 0.6) is 0 Å². The Balaban J connectivity index is 2.89. The van der Waals surface area contributed by atoms with Gasteiger partial charge in [-0.1, -0.05) is 11.6 Å². The van der Waals surface area contributed by atoms with E-state index in [0.717, 1.165) is 12.1 Å². The summed E-state index contributed by atoms with van der Waals surface area (Å²) in [5, 5.41) is 4.07. The predicted octanol–water partition coefficient (Wildman–Crippen LogP) is 2.00. The molecule has 0 aliphatic carbocycles. The van der Waals surface area contributed by atoms with Gasteiger partial charge in [0.1, 0.15) is 0 Å². The van der Waals surface area contributed by atoms with Crippen molar-refractivity contribution >= 4 is 22.5 Å². The molecular weight excluding hydrogens is 188 g/mol. The average molecular weight is 197 g/mol. The number of benzene rings is 1. The summed E-state index contributed by atoms with van der Waals surface area (Å²) in [7, 11) is 0. The summed E-state index contributed by atoms with van der Waals surface area (Å²) in [4.78, 5) is 11.4. The third-order valence-corrected chi connectivity index (χ3v) is 2.28. The van der Waals surface area contributed by atoms with Crippen LogP contribution in [0, 0.1) is 0 Å². The Hall–Kier alpha value is -1.22. The highest BCUT2D eigenvalue weighted by Gasteiger charge is 2.04. The number of aromatic amines is 1. The Morgan fingerprint density at radius 2 is 2.31 bits per heavy atom. The molecule has 0 atom stereocenters. The zero-order valence-electron chi connectivity index (χ0n) is 7.17. The van der Waals surface area contributed by atoms with E-state index in [1.54, 1.807) is 22.9 Å². The van der Waals surface area contributed by atoms with Crippen LogP contribution in [0.1, 0.15) is 6.92 Å². The molecule has 0 aliphatic rings. The van der Waals surface area contributed by atoms with E-state index in [1.807, 2.05) is 6.92 Å². The van der Waals surface area contributed by atoms with Crippen LogP contribution < -0.4 is 5.56 Å². The van der Waals surface area contributed by atoms with Gasteiger partial charge in [0.2, 0.25) is 0 Å². The van der Waals surface area contributed by atoms with Crippen molar-refractivity contribution in [3.63, 3.8) is 0 Å². The van der Waals surface area contributed by atoms with Gasteiger partial charge in [-0.15, -0.1) is 0 Å². The van der Waals surface area contributed by atoms with Crippen molar-refractivity contribution in [3.05, 3.63) is 33.6 Å². The number of nitrogens with zero attached hydrogens (tertiary/aromatic N) is 1. The number of halogens is 1. The van der Waals surface area contributed by atoms with Crippen LogP contribution in [0.25, 0.3) is 10.9 Å². The van der Waals surface area contributed by atoms with E-state index in [4.69, 9.17) is 11.6 Å². The van der Waals surface area contributed by atoms with E-state index in [2.05, 4.69) is 5.10 Å². The van der Waals surface area contributed by atoms with E-state index < -0.39 is 0 Å². The quantitative estimate of drug-likeness (QED) is 0.745. The number of nitrogens with one attached hydrogen (secondary N) is 1. The Morgan fingerprint density at radius 1 is 1.54 bits per heavy atom. The molecule has 2 rings (SSSR count). The minimum absolute atomic E-state index is 0.0616. The number of hydrogen-bond acceptors (Lipinski definition) is 1. The van der Waals surface area contributed by atoms with Crippen molar-refractivity contribution in [1.29, 1.82) is 0 Å². The lowest BCUT2D eigenvalue weighted by Gasteiger charge is -1.98. The topological polar surface area (TPSA) is 37.8 Å². The van der Waals surface area contributed by atoms with Crippen LogP contribution in [0.4, 0.5) is 0 Å². The summed E-state index contributed by atoms with van der Waals surface area (Å²) in [5.74, 6) is 0. The Bertz CT molecular complexity index is 498. The maximum atomic E-state index is 11.4. The Morgan fingerprint density at radius 3 is 3.00 bits per heavy atom. The normalized spacial score (nSPS) is 10.9. The van der Waals surface area contributed by atoms with Gasteiger partial charge in [0.25, 0.3) is 5.56 Å². The molecule has 0 amide bonds. The summed E-state index contributed by atoms with van der Waals surface area (Å²) >= 11 is 5.83. The van der Waals surface area contributed by atoms with Crippen LogP contribution in [0.3, 0.4) is 0 Å². The van der Waals surface area contributed by atoms with Gasteiger partial charge >= 0.3 is 0 Å². The first-order valence-electron chi connectivity index (χ1n) is 4.10. The van der Waals surface area contributed by atoms with Crippen molar-refractivity contribution in [2.24, 2.45) is 0 Å². The van der Waals surface area contributed by atoms with Gasteiger partial charge in [0, 0.05) is 11.6 Å². The smallest absolute Gasteiger partial charge is 0.271 e. The molecule has 1 aromatic heterocycles. The number of H-pyrrole nitrogens is 1. The number of rotatable bonds is 1. The molecule has 0 spiro atoms. The average Bonchev–Trinajstić information content (AvgIpc) is 2.42. The zero-order chi connectivity index (χ0) is 9.42. The summed E-state index contributed by atoms with van der Waals surface area (Å²) in [6, 6.07) is 5.25. The van der Waals surface area contributed by atoms with Gasteiger partial charge in [-0.2, -0.15) is 0 Å². The molecule has 0 bridgehead atoms. The van der Waals surface area contributed by atoms with E-state index in [9.17, 15) is 4.79 Å². The van der Waals surface area contributed by atoms with E-state index in [0.29, 0.717) is 10.4 Å². The van der Waals surface area contributed by atoms with E-state index in [1.165, 1.54) is 0 Å². The highest BCUT2D eigenvalue weighted by molar-refractivity contribution is 6.31. The lowest BCUT2D eigenvalue weighted by molar-refractivity contribution is 0.676. The number of hydrogen-bond donors (Lipinski definition) is 1. The van der Waals surface area contributed by atoms with Crippen molar-refractivity contribution in [1.82, 2.24) is 9.78 Å². The molecule has 1 heterocycles. The molecule has 1 aromatic carbocycles. The molecule has 1 N–H and O–H groups in total. The molecule has 4 heteroatoms. The van der Waals surface area contributed by atoms with Crippen molar-refractivity contribution in [2.75, 3.05) is 0 Å². The van der Waals surface area contributed by atoms with Crippen molar-refractivity contribution in [3.8, 4) is 0 Å². The summed E-state index contributed by atoms with van der Waals surface area (Å²) in [6.07, 6.45) is 0. The number of fused-ring (bicyclic) bond motifs is 1. The first kappa shape index (κ1) is 8.38. The zero-order valence-corrected chi connectivity index (χ0v) is 7.93. The minimum atomic E-state index is -0.0616. The summed E-state index contributed by atoms with van der Waals surface area (Å²) in [5.41, 5.74) is 0.800. The third kappa shape index (κ3) is 1.25. The lowest BCUT2D eigenvalue weighted by Crippen LogP contribution is -2.03. The highest BCUT2D eigenvalue weighted by Crippen LogP contribution is 2.15. The van der Waals surface area contributed by atoms with Gasteiger partial charge < -0.3 is 0 Å². The summed E-state index contributed by atoms with van der Waals surface area (Å²) < 4.78 is 1.78. The Kier molecular flexibility index (Phi) is 1.88. The molecule has 0 saturated carbocycles. The maximum Gasteiger partial charge on any atom is 0.271 e. The Labute approximate surface area is 79.9 Å². The van der Waals surface area contributed by atoms with Crippen molar-refractivity contribution in [2.45, 2.75) is 13.5 Å². The first-order valence-corrected chi connectivity index (χ1v) is 4.48.